The van der Waals surface area contributed by atoms with Crippen molar-refractivity contribution < 1.29 is 9.72 Å². The summed E-state index contributed by atoms with van der Waals surface area (Å²) < 4.78 is 1.57. The predicted octanol–water partition coefficient (Wildman–Crippen LogP) is 3.77. The number of carbonyl (C=O) groups is 1. The van der Waals surface area contributed by atoms with E-state index in [0.717, 1.165) is 18.5 Å². The molecular weight excluding hydrogens is 428 g/mol. The van der Waals surface area contributed by atoms with Gasteiger partial charge in [0.1, 0.15) is 0 Å². The van der Waals surface area contributed by atoms with Crippen molar-refractivity contribution in [3.05, 3.63) is 76.3 Å². The van der Waals surface area contributed by atoms with Crippen LogP contribution in [0, 0.1) is 10.1 Å². The van der Waals surface area contributed by atoms with Crippen LogP contribution in [0.1, 0.15) is 12.0 Å². The second-order valence-corrected chi connectivity index (χ2v) is 8.29. The first-order valence-electron chi connectivity index (χ1n) is 10.1. The Kier molecular flexibility index (Phi) is 5.28. The fourth-order valence-corrected chi connectivity index (χ4v) is 4.55. The maximum absolute atomic E-state index is 12.9. The second-order valence-electron chi connectivity index (χ2n) is 7.34. The number of nitro groups is 1. The third kappa shape index (κ3) is 3.80. The lowest BCUT2D eigenvalue weighted by atomic mass is 10.0. The number of hydrogen-bond acceptors (Lipinski definition) is 7. The molecule has 0 spiro atoms. The van der Waals surface area contributed by atoms with E-state index in [1.54, 1.807) is 28.8 Å². The van der Waals surface area contributed by atoms with E-state index >= 15 is 0 Å². The highest BCUT2D eigenvalue weighted by molar-refractivity contribution is 7.99. The van der Waals surface area contributed by atoms with Gasteiger partial charge in [0.05, 0.1) is 16.4 Å². The molecule has 0 aliphatic carbocycles. The lowest BCUT2D eigenvalue weighted by molar-refractivity contribution is -0.384. The van der Waals surface area contributed by atoms with Crippen LogP contribution in [0.5, 0.6) is 0 Å². The number of para-hydroxylation sites is 1. The molecule has 0 N–H and O–H groups in total. The van der Waals surface area contributed by atoms with Crippen molar-refractivity contribution in [1.82, 2.24) is 19.8 Å². The molecule has 10 heteroatoms. The van der Waals surface area contributed by atoms with Gasteiger partial charge in [0.15, 0.2) is 5.65 Å². The standard InChI is InChI=1S/C22H18N6O3S/c29-21(26-12-4-7-15-5-1-2-9-19(15)26)14-32-22-24-23-20-11-10-18(25-27(20)22)16-6-3-8-17(13-16)28(30)31/h1-3,5-6,8-11,13H,4,7,12,14H2. The Morgan fingerprint density at radius 3 is 2.84 bits per heavy atom. The van der Waals surface area contributed by atoms with Gasteiger partial charge in [-0.15, -0.1) is 10.2 Å². The Balaban J connectivity index is 1.38. The molecule has 4 aromatic rings. The third-order valence-corrected chi connectivity index (χ3v) is 6.23. The van der Waals surface area contributed by atoms with E-state index in [4.69, 9.17) is 0 Å². The summed E-state index contributed by atoms with van der Waals surface area (Å²) in [6.07, 6.45) is 1.92. The summed E-state index contributed by atoms with van der Waals surface area (Å²) in [5.41, 5.74) is 3.87. The number of aryl methyl sites for hydroxylation is 1. The molecule has 0 saturated heterocycles. The van der Waals surface area contributed by atoms with E-state index in [1.165, 1.54) is 29.5 Å². The smallest absolute Gasteiger partial charge is 0.270 e. The van der Waals surface area contributed by atoms with Crippen molar-refractivity contribution in [3.63, 3.8) is 0 Å². The molecule has 3 heterocycles. The van der Waals surface area contributed by atoms with Crippen LogP contribution in [-0.2, 0) is 11.2 Å². The number of nitrogens with zero attached hydrogens (tertiary/aromatic N) is 6. The minimum Gasteiger partial charge on any atom is -0.311 e. The topological polar surface area (TPSA) is 107 Å². The number of aromatic nitrogens is 4. The van der Waals surface area contributed by atoms with Gasteiger partial charge in [-0.3, -0.25) is 14.9 Å². The van der Waals surface area contributed by atoms with Gasteiger partial charge in [-0.2, -0.15) is 9.61 Å². The predicted molar refractivity (Wildman–Crippen MR) is 121 cm³/mol. The number of carbonyl (C=O) groups excluding carboxylic acids is 1. The monoisotopic (exact) mass is 446 g/mol. The molecule has 1 amide bonds. The molecule has 0 atom stereocenters. The summed E-state index contributed by atoms with van der Waals surface area (Å²) in [5.74, 6) is 0.214. The molecule has 5 rings (SSSR count). The quantitative estimate of drug-likeness (QED) is 0.261. The van der Waals surface area contributed by atoms with E-state index in [2.05, 4.69) is 21.4 Å². The van der Waals surface area contributed by atoms with Gasteiger partial charge in [0.25, 0.3) is 5.69 Å². The molecule has 1 aliphatic rings. The summed E-state index contributed by atoms with van der Waals surface area (Å²) in [6, 6.07) is 17.8. The highest BCUT2D eigenvalue weighted by Gasteiger charge is 2.23. The Bertz CT molecular complexity index is 1340. The molecule has 2 aromatic carbocycles. The fraction of sp³-hybridized carbons (Fsp3) is 0.182. The summed E-state index contributed by atoms with van der Waals surface area (Å²) in [5, 5.41) is 24.4. The summed E-state index contributed by atoms with van der Waals surface area (Å²) in [7, 11) is 0. The average molecular weight is 446 g/mol. The number of hydrogen-bond donors (Lipinski definition) is 0. The summed E-state index contributed by atoms with van der Waals surface area (Å²) in [4.78, 5) is 25.4. The Hall–Kier alpha value is -3.79. The second kappa shape index (κ2) is 8.39. The molecule has 0 fully saturated rings. The molecule has 0 radical (unpaired) electrons. The van der Waals surface area contributed by atoms with Gasteiger partial charge in [-0.25, -0.2) is 0 Å². The Morgan fingerprint density at radius 1 is 1.09 bits per heavy atom. The molecule has 32 heavy (non-hydrogen) atoms. The van der Waals surface area contributed by atoms with Crippen molar-refractivity contribution in [2.24, 2.45) is 0 Å². The van der Waals surface area contributed by atoms with Crippen LogP contribution in [0.2, 0.25) is 0 Å². The van der Waals surface area contributed by atoms with E-state index < -0.39 is 4.92 Å². The minimum absolute atomic E-state index is 0.00448. The van der Waals surface area contributed by atoms with E-state index in [1.807, 2.05) is 23.1 Å². The molecule has 0 saturated carbocycles. The number of nitro benzene ring substituents is 1. The van der Waals surface area contributed by atoms with Crippen molar-refractivity contribution in [2.75, 3.05) is 17.2 Å². The lowest BCUT2D eigenvalue weighted by Crippen LogP contribution is -2.36. The van der Waals surface area contributed by atoms with Gasteiger partial charge in [0, 0.05) is 29.9 Å². The molecule has 2 aromatic heterocycles. The Morgan fingerprint density at radius 2 is 1.97 bits per heavy atom. The van der Waals surface area contributed by atoms with Crippen LogP contribution in [0.25, 0.3) is 16.9 Å². The molecule has 1 aliphatic heterocycles. The molecule has 0 unspecified atom stereocenters. The van der Waals surface area contributed by atoms with Gasteiger partial charge in [-0.05, 0) is 36.6 Å². The number of amides is 1. The number of non-ortho nitro benzene ring substituents is 1. The lowest BCUT2D eigenvalue weighted by Gasteiger charge is -2.29. The first-order valence-corrected chi connectivity index (χ1v) is 11.1. The highest BCUT2D eigenvalue weighted by Crippen LogP contribution is 2.28. The fourth-order valence-electron chi connectivity index (χ4n) is 3.79. The van der Waals surface area contributed by atoms with E-state index in [9.17, 15) is 14.9 Å². The maximum Gasteiger partial charge on any atom is 0.270 e. The van der Waals surface area contributed by atoms with Crippen LogP contribution >= 0.6 is 11.8 Å². The zero-order valence-corrected chi connectivity index (χ0v) is 17.7. The number of thioether (sulfide) groups is 1. The SMILES string of the molecule is O=C(CSc1nnc2ccc(-c3cccc([N+](=O)[O-])c3)nn12)N1CCCc2ccccc21. The minimum atomic E-state index is -0.438. The van der Waals surface area contributed by atoms with Crippen molar-refractivity contribution >= 4 is 34.7 Å². The zero-order chi connectivity index (χ0) is 22.1. The number of fused-ring (bicyclic) bond motifs is 2. The number of benzene rings is 2. The largest absolute Gasteiger partial charge is 0.311 e. The van der Waals surface area contributed by atoms with Gasteiger partial charge >= 0.3 is 0 Å². The van der Waals surface area contributed by atoms with Crippen LogP contribution in [0.3, 0.4) is 0 Å². The normalized spacial score (nSPS) is 13.2. The van der Waals surface area contributed by atoms with Crippen LogP contribution in [0.15, 0.2) is 65.8 Å². The molecular formula is C22H18N6O3S. The van der Waals surface area contributed by atoms with Gasteiger partial charge in [-0.1, -0.05) is 42.1 Å². The van der Waals surface area contributed by atoms with E-state index in [0.29, 0.717) is 28.6 Å². The van der Waals surface area contributed by atoms with E-state index in [-0.39, 0.29) is 17.3 Å². The summed E-state index contributed by atoms with van der Waals surface area (Å²) in [6.45, 7) is 0.701. The first-order chi connectivity index (χ1) is 15.6. The molecule has 9 nitrogen and oxygen atoms in total. The average Bonchev–Trinajstić information content (AvgIpc) is 3.24. The highest BCUT2D eigenvalue weighted by atomic mass is 32.2. The third-order valence-electron chi connectivity index (χ3n) is 5.32. The Labute approximate surface area is 187 Å². The van der Waals surface area contributed by atoms with Crippen LogP contribution in [0.4, 0.5) is 11.4 Å². The maximum atomic E-state index is 12.9. The summed E-state index contributed by atoms with van der Waals surface area (Å²) >= 11 is 1.27. The molecule has 160 valence electrons. The van der Waals surface area contributed by atoms with Crippen molar-refractivity contribution in [3.8, 4) is 11.3 Å². The number of rotatable bonds is 5. The van der Waals surface area contributed by atoms with Crippen LogP contribution in [-0.4, -0.2) is 42.9 Å². The van der Waals surface area contributed by atoms with Crippen molar-refractivity contribution in [1.29, 1.82) is 0 Å². The van der Waals surface area contributed by atoms with Crippen LogP contribution < -0.4 is 4.90 Å². The number of anilines is 1. The van der Waals surface area contributed by atoms with Crippen molar-refractivity contribution in [2.45, 2.75) is 18.0 Å². The van der Waals surface area contributed by atoms with Gasteiger partial charge < -0.3 is 4.90 Å². The molecule has 0 bridgehead atoms. The van der Waals surface area contributed by atoms with Gasteiger partial charge in [0.2, 0.25) is 11.1 Å². The zero-order valence-electron chi connectivity index (χ0n) is 16.9. The first kappa shape index (κ1) is 20.1.